The summed E-state index contributed by atoms with van der Waals surface area (Å²) in [6, 6.07) is 0. The molecular weight excluding hydrogens is 216 g/mol. The van der Waals surface area contributed by atoms with Crippen LogP contribution in [-0.2, 0) is 4.79 Å². The molecule has 5 nitrogen and oxygen atoms in total. The number of hydrogen-bond acceptors (Lipinski definition) is 4. The van der Waals surface area contributed by atoms with Crippen LogP contribution in [0.25, 0.3) is 0 Å². The minimum Gasteiger partial charge on any atom is -0.303 e. The van der Waals surface area contributed by atoms with Crippen molar-refractivity contribution in [3.63, 3.8) is 0 Å². The van der Waals surface area contributed by atoms with Crippen LogP contribution >= 0.6 is 0 Å². The molecule has 98 valence electrons. The molecule has 2 aliphatic heterocycles. The molecule has 0 saturated carbocycles. The van der Waals surface area contributed by atoms with Crippen LogP contribution in [-0.4, -0.2) is 55.0 Å². The Morgan fingerprint density at radius 3 is 2.35 bits per heavy atom. The number of piperidine rings is 1. The van der Waals surface area contributed by atoms with Gasteiger partial charge in [0.2, 0.25) is 5.91 Å². The standard InChI is InChI=1S/C12H24N4O/c13-14-12(17)10-16-7-3-11(4-8-16)9-15-5-1-2-6-15/h11H,1-10,13H2,(H,14,17). The summed E-state index contributed by atoms with van der Waals surface area (Å²) in [5, 5.41) is 0. The molecule has 2 saturated heterocycles. The number of rotatable bonds is 4. The Hall–Kier alpha value is -0.650. The fourth-order valence-electron chi connectivity index (χ4n) is 2.91. The SMILES string of the molecule is NNC(=O)CN1CCC(CN2CCCC2)CC1. The minimum atomic E-state index is -0.0806. The summed E-state index contributed by atoms with van der Waals surface area (Å²) >= 11 is 0. The van der Waals surface area contributed by atoms with Crippen molar-refractivity contribution < 1.29 is 4.79 Å². The maximum atomic E-state index is 11.2. The van der Waals surface area contributed by atoms with Crippen LogP contribution in [0, 0.1) is 5.92 Å². The molecule has 0 atom stereocenters. The number of carbonyl (C=O) groups excluding carboxylic acids is 1. The molecule has 0 unspecified atom stereocenters. The second-order valence-corrected chi connectivity index (χ2v) is 5.29. The van der Waals surface area contributed by atoms with Gasteiger partial charge in [-0.15, -0.1) is 0 Å². The quantitative estimate of drug-likeness (QED) is 0.405. The summed E-state index contributed by atoms with van der Waals surface area (Å²) in [7, 11) is 0. The number of carbonyl (C=O) groups is 1. The van der Waals surface area contributed by atoms with Gasteiger partial charge in [0, 0.05) is 6.54 Å². The first kappa shape index (κ1) is 12.8. The lowest BCUT2D eigenvalue weighted by molar-refractivity contribution is -0.122. The molecule has 0 bridgehead atoms. The van der Waals surface area contributed by atoms with Gasteiger partial charge in [-0.2, -0.15) is 0 Å². The summed E-state index contributed by atoms with van der Waals surface area (Å²) < 4.78 is 0. The second-order valence-electron chi connectivity index (χ2n) is 5.29. The molecule has 2 heterocycles. The minimum absolute atomic E-state index is 0.0806. The van der Waals surface area contributed by atoms with Crippen LogP contribution in [0.4, 0.5) is 0 Å². The van der Waals surface area contributed by atoms with Crippen molar-refractivity contribution in [2.75, 3.05) is 39.3 Å². The Labute approximate surface area is 103 Å². The third-order valence-corrected chi connectivity index (χ3v) is 3.95. The van der Waals surface area contributed by atoms with Crippen molar-refractivity contribution in [2.45, 2.75) is 25.7 Å². The van der Waals surface area contributed by atoms with E-state index in [0.717, 1.165) is 19.0 Å². The van der Waals surface area contributed by atoms with E-state index < -0.39 is 0 Å². The van der Waals surface area contributed by atoms with Crippen LogP contribution in [0.15, 0.2) is 0 Å². The first-order valence-corrected chi connectivity index (χ1v) is 6.72. The average molecular weight is 240 g/mol. The predicted molar refractivity (Wildman–Crippen MR) is 67.2 cm³/mol. The zero-order valence-electron chi connectivity index (χ0n) is 10.5. The van der Waals surface area contributed by atoms with Gasteiger partial charge in [-0.25, -0.2) is 5.84 Å². The fraction of sp³-hybridized carbons (Fsp3) is 0.917. The van der Waals surface area contributed by atoms with Crippen molar-refractivity contribution in [1.29, 1.82) is 0 Å². The molecule has 0 radical (unpaired) electrons. The molecule has 1 amide bonds. The molecule has 5 heteroatoms. The predicted octanol–water partition coefficient (Wildman–Crippen LogP) is -0.216. The molecule has 3 N–H and O–H groups in total. The lowest BCUT2D eigenvalue weighted by Crippen LogP contribution is -2.44. The third kappa shape index (κ3) is 3.94. The van der Waals surface area contributed by atoms with Crippen LogP contribution in [0.5, 0.6) is 0 Å². The van der Waals surface area contributed by atoms with Crippen molar-refractivity contribution >= 4 is 5.91 Å². The molecule has 0 spiro atoms. The summed E-state index contributed by atoms with van der Waals surface area (Å²) in [6.45, 7) is 6.35. The van der Waals surface area contributed by atoms with Gasteiger partial charge in [-0.3, -0.25) is 15.1 Å². The van der Waals surface area contributed by atoms with Gasteiger partial charge < -0.3 is 4.90 Å². The highest BCUT2D eigenvalue weighted by atomic mass is 16.2. The summed E-state index contributed by atoms with van der Waals surface area (Å²) in [4.78, 5) is 15.9. The highest BCUT2D eigenvalue weighted by Gasteiger charge is 2.23. The van der Waals surface area contributed by atoms with Gasteiger partial charge >= 0.3 is 0 Å². The third-order valence-electron chi connectivity index (χ3n) is 3.95. The number of hydrazine groups is 1. The van der Waals surface area contributed by atoms with Crippen LogP contribution in [0.3, 0.4) is 0 Å². The van der Waals surface area contributed by atoms with E-state index in [1.165, 1.54) is 45.3 Å². The normalized spacial score (nSPS) is 24.1. The highest BCUT2D eigenvalue weighted by Crippen LogP contribution is 2.20. The highest BCUT2D eigenvalue weighted by molar-refractivity contribution is 5.77. The van der Waals surface area contributed by atoms with Gasteiger partial charge in [0.25, 0.3) is 0 Å². The zero-order valence-corrected chi connectivity index (χ0v) is 10.5. The average Bonchev–Trinajstić information content (AvgIpc) is 2.84. The second kappa shape index (κ2) is 6.33. The topological polar surface area (TPSA) is 61.6 Å². The maximum absolute atomic E-state index is 11.2. The fourth-order valence-corrected chi connectivity index (χ4v) is 2.91. The molecule has 2 fully saturated rings. The Kier molecular flexibility index (Phi) is 4.76. The van der Waals surface area contributed by atoms with Crippen molar-refractivity contribution in [3.8, 4) is 0 Å². The van der Waals surface area contributed by atoms with E-state index >= 15 is 0 Å². The Balaban J connectivity index is 1.65. The lowest BCUT2D eigenvalue weighted by Gasteiger charge is -2.33. The number of nitrogens with two attached hydrogens (primary N) is 1. The number of nitrogens with zero attached hydrogens (tertiary/aromatic N) is 2. The van der Waals surface area contributed by atoms with E-state index in [0.29, 0.717) is 6.54 Å². The smallest absolute Gasteiger partial charge is 0.248 e. The van der Waals surface area contributed by atoms with E-state index in [1.54, 1.807) is 0 Å². The summed E-state index contributed by atoms with van der Waals surface area (Å²) in [5.41, 5.74) is 2.19. The number of amides is 1. The van der Waals surface area contributed by atoms with Crippen molar-refractivity contribution in [3.05, 3.63) is 0 Å². The van der Waals surface area contributed by atoms with E-state index in [-0.39, 0.29) is 5.91 Å². The van der Waals surface area contributed by atoms with Crippen molar-refractivity contribution in [1.82, 2.24) is 15.2 Å². The van der Waals surface area contributed by atoms with Crippen molar-refractivity contribution in [2.24, 2.45) is 11.8 Å². The number of nitrogens with one attached hydrogen (secondary N) is 1. The van der Waals surface area contributed by atoms with E-state index in [2.05, 4.69) is 15.2 Å². The lowest BCUT2D eigenvalue weighted by atomic mass is 9.96. The van der Waals surface area contributed by atoms with Gasteiger partial charge in [0.15, 0.2) is 0 Å². The van der Waals surface area contributed by atoms with Crippen LogP contribution in [0.1, 0.15) is 25.7 Å². The van der Waals surface area contributed by atoms with Crippen LogP contribution in [0.2, 0.25) is 0 Å². The van der Waals surface area contributed by atoms with Crippen LogP contribution < -0.4 is 11.3 Å². The van der Waals surface area contributed by atoms with Gasteiger partial charge in [-0.05, 0) is 57.8 Å². The molecule has 2 rings (SSSR count). The molecule has 0 aromatic rings. The monoisotopic (exact) mass is 240 g/mol. The molecule has 2 aliphatic rings. The zero-order chi connectivity index (χ0) is 12.1. The number of hydrogen-bond donors (Lipinski definition) is 2. The largest absolute Gasteiger partial charge is 0.303 e. The molecule has 0 aromatic heterocycles. The van der Waals surface area contributed by atoms with E-state index in [1.807, 2.05) is 0 Å². The Bertz CT molecular complexity index is 245. The van der Waals surface area contributed by atoms with E-state index in [4.69, 9.17) is 5.84 Å². The molecule has 0 aromatic carbocycles. The number of likely N-dealkylation sites (tertiary alicyclic amines) is 2. The molecule has 17 heavy (non-hydrogen) atoms. The van der Waals surface area contributed by atoms with Gasteiger partial charge in [-0.1, -0.05) is 0 Å². The molecular formula is C12H24N4O. The summed E-state index contributed by atoms with van der Waals surface area (Å²) in [6.07, 6.45) is 5.17. The Morgan fingerprint density at radius 2 is 1.76 bits per heavy atom. The van der Waals surface area contributed by atoms with Gasteiger partial charge in [0.1, 0.15) is 0 Å². The maximum Gasteiger partial charge on any atom is 0.248 e. The first-order valence-electron chi connectivity index (χ1n) is 6.72. The first-order chi connectivity index (χ1) is 8.28. The van der Waals surface area contributed by atoms with Gasteiger partial charge in [0.05, 0.1) is 6.54 Å². The van der Waals surface area contributed by atoms with E-state index in [9.17, 15) is 4.79 Å². The summed E-state index contributed by atoms with van der Waals surface area (Å²) in [5.74, 6) is 5.84. The Morgan fingerprint density at radius 1 is 1.12 bits per heavy atom. The molecule has 0 aliphatic carbocycles.